The first-order chi connectivity index (χ1) is 19.5. The zero-order valence-corrected chi connectivity index (χ0v) is 25.8. The van der Waals surface area contributed by atoms with Crippen LogP contribution in [0.4, 0.5) is 0 Å². The molecule has 0 heterocycles. The first-order valence-electron chi connectivity index (χ1n) is 14.0. The molecule has 0 aromatic heterocycles. The number of hydrogen-bond acceptors (Lipinski definition) is 1. The van der Waals surface area contributed by atoms with Crippen molar-refractivity contribution in [2.24, 2.45) is 0 Å². The van der Waals surface area contributed by atoms with Crippen molar-refractivity contribution in [3.05, 3.63) is 150 Å². The minimum absolute atomic E-state index is 0.0622. The summed E-state index contributed by atoms with van der Waals surface area (Å²) in [5.74, 6) is 0.995. The molecule has 202 valence electrons. The molecule has 40 heavy (non-hydrogen) atoms. The van der Waals surface area contributed by atoms with Crippen molar-refractivity contribution in [1.29, 1.82) is 0 Å². The van der Waals surface area contributed by atoms with Crippen molar-refractivity contribution in [3.8, 4) is 5.75 Å². The van der Waals surface area contributed by atoms with Gasteiger partial charge in [0.2, 0.25) is 0 Å². The summed E-state index contributed by atoms with van der Waals surface area (Å²) in [6, 6.07) is 46.1. The average molecular weight is 561 g/mol. The van der Waals surface area contributed by atoms with E-state index >= 15 is 0 Å². The van der Waals surface area contributed by atoms with Crippen molar-refractivity contribution in [2.75, 3.05) is 0 Å². The van der Waals surface area contributed by atoms with Crippen molar-refractivity contribution in [1.82, 2.24) is 0 Å². The van der Waals surface area contributed by atoms with Gasteiger partial charge in [0.1, 0.15) is 12.4 Å². The van der Waals surface area contributed by atoms with Gasteiger partial charge >= 0.3 is 0 Å². The van der Waals surface area contributed by atoms with Crippen LogP contribution in [0, 0.1) is 13.8 Å². The van der Waals surface area contributed by atoms with Gasteiger partial charge < -0.3 is 4.74 Å². The third-order valence-electron chi connectivity index (χ3n) is 7.60. The standard InChI is InChI=1S/C37H38OP2/c1-5-37(4,33-26-28(2)24-25-34(33)38-27-30-17-9-6-10-18-30)39-36-29(3)16-15-23-35(36)40(31-19-11-7-12-20-31)32-21-13-8-14-22-32/h6-26,39H,5,27H2,1-4H3. The Balaban J connectivity index is 1.58. The van der Waals surface area contributed by atoms with Gasteiger partial charge in [0.05, 0.1) is 0 Å². The van der Waals surface area contributed by atoms with E-state index in [1.165, 1.54) is 43.5 Å². The fraction of sp³-hybridized carbons (Fsp3) is 0.189. The van der Waals surface area contributed by atoms with E-state index in [-0.39, 0.29) is 5.16 Å². The monoisotopic (exact) mass is 560 g/mol. The second kappa shape index (κ2) is 13.0. The van der Waals surface area contributed by atoms with E-state index in [1.807, 2.05) is 0 Å². The smallest absolute Gasteiger partial charge is 0.123 e. The maximum atomic E-state index is 6.52. The molecule has 0 aliphatic rings. The summed E-state index contributed by atoms with van der Waals surface area (Å²) in [5.41, 5.74) is 5.14. The van der Waals surface area contributed by atoms with Crippen molar-refractivity contribution in [3.63, 3.8) is 0 Å². The van der Waals surface area contributed by atoms with Gasteiger partial charge in [-0.3, -0.25) is 0 Å². The van der Waals surface area contributed by atoms with Crippen LogP contribution in [0.2, 0.25) is 0 Å². The molecule has 0 aliphatic heterocycles. The van der Waals surface area contributed by atoms with Crippen LogP contribution in [-0.2, 0) is 11.8 Å². The molecule has 0 fully saturated rings. The molecule has 0 radical (unpaired) electrons. The van der Waals surface area contributed by atoms with Gasteiger partial charge in [-0.2, -0.15) is 0 Å². The lowest BCUT2D eigenvalue weighted by Crippen LogP contribution is -2.33. The SMILES string of the molecule is CCC(C)(Pc1c(C)cccc1P(c1ccccc1)c1ccccc1)c1cc(C)ccc1OCc1ccccc1. The van der Waals surface area contributed by atoms with E-state index in [4.69, 9.17) is 4.74 Å². The van der Waals surface area contributed by atoms with Crippen LogP contribution in [-0.4, -0.2) is 0 Å². The highest BCUT2D eigenvalue weighted by atomic mass is 31.1. The van der Waals surface area contributed by atoms with E-state index in [9.17, 15) is 0 Å². The molecule has 2 unspecified atom stereocenters. The Labute approximate surface area is 243 Å². The molecule has 5 aromatic rings. The topological polar surface area (TPSA) is 9.23 Å². The van der Waals surface area contributed by atoms with Gasteiger partial charge in [-0.15, -0.1) is 0 Å². The maximum Gasteiger partial charge on any atom is 0.123 e. The molecular formula is C37H38OP2. The highest BCUT2D eigenvalue weighted by Gasteiger charge is 2.32. The Morgan fingerprint density at radius 1 is 0.700 bits per heavy atom. The Hall–Kier alpha value is -3.24. The first-order valence-corrected chi connectivity index (χ1v) is 16.4. The molecule has 1 nitrogen and oxygen atoms in total. The molecular weight excluding hydrogens is 522 g/mol. The van der Waals surface area contributed by atoms with E-state index < -0.39 is 7.92 Å². The number of hydrogen-bond donors (Lipinski definition) is 0. The van der Waals surface area contributed by atoms with Crippen LogP contribution in [0.15, 0.2) is 127 Å². The van der Waals surface area contributed by atoms with E-state index in [0.29, 0.717) is 15.2 Å². The predicted octanol–water partition coefficient (Wildman–Crippen LogP) is 8.27. The van der Waals surface area contributed by atoms with Gasteiger partial charge in [-0.1, -0.05) is 149 Å². The van der Waals surface area contributed by atoms with E-state index in [1.54, 1.807) is 0 Å². The Morgan fingerprint density at radius 3 is 1.90 bits per heavy atom. The minimum atomic E-state index is -0.685. The van der Waals surface area contributed by atoms with Crippen LogP contribution in [0.25, 0.3) is 0 Å². The van der Waals surface area contributed by atoms with Gasteiger partial charge in [0.15, 0.2) is 0 Å². The predicted molar refractivity (Wildman–Crippen MR) is 177 cm³/mol. The molecule has 0 aliphatic carbocycles. The van der Waals surface area contributed by atoms with Crippen LogP contribution in [0.3, 0.4) is 0 Å². The normalized spacial score (nSPS) is 13.0. The third kappa shape index (κ3) is 6.39. The molecule has 0 bridgehead atoms. The molecule has 0 spiro atoms. The molecule has 5 rings (SSSR count). The van der Waals surface area contributed by atoms with Gasteiger partial charge in [-0.05, 0) is 66.6 Å². The van der Waals surface area contributed by atoms with E-state index in [2.05, 4.69) is 155 Å². The van der Waals surface area contributed by atoms with Crippen LogP contribution in [0.5, 0.6) is 5.75 Å². The summed E-state index contributed by atoms with van der Waals surface area (Å²) in [6.45, 7) is 9.80. The number of aryl methyl sites for hydroxylation is 2. The summed E-state index contributed by atoms with van der Waals surface area (Å²) >= 11 is 0. The Bertz CT molecular complexity index is 1490. The van der Waals surface area contributed by atoms with Gasteiger partial charge in [-0.25, -0.2) is 0 Å². The second-order valence-corrected chi connectivity index (χ2v) is 14.6. The lowest BCUT2D eigenvalue weighted by molar-refractivity contribution is 0.299. The van der Waals surface area contributed by atoms with Crippen LogP contribution >= 0.6 is 16.5 Å². The quantitative estimate of drug-likeness (QED) is 0.156. The fourth-order valence-electron chi connectivity index (χ4n) is 5.14. The van der Waals surface area contributed by atoms with Crippen LogP contribution < -0.4 is 26.0 Å². The minimum Gasteiger partial charge on any atom is -0.489 e. The Kier molecular flexibility index (Phi) is 9.16. The summed E-state index contributed by atoms with van der Waals surface area (Å²) in [6.07, 6.45) is 1.03. The highest BCUT2D eigenvalue weighted by molar-refractivity contribution is 7.81. The zero-order chi connectivity index (χ0) is 28.0. The molecule has 5 aromatic carbocycles. The number of rotatable bonds is 10. The average Bonchev–Trinajstić information content (AvgIpc) is 3.00. The fourth-order valence-corrected chi connectivity index (χ4v) is 9.62. The lowest BCUT2D eigenvalue weighted by Gasteiger charge is -2.34. The number of ether oxygens (including phenoxy) is 1. The first kappa shape index (κ1) is 28.3. The van der Waals surface area contributed by atoms with Gasteiger partial charge in [0, 0.05) is 10.7 Å². The number of benzene rings is 5. The summed E-state index contributed by atoms with van der Waals surface area (Å²) in [5, 5.41) is 5.67. The summed E-state index contributed by atoms with van der Waals surface area (Å²) < 4.78 is 6.52. The summed E-state index contributed by atoms with van der Waals surface area (Å²) in [7, 11) is -0.0790. The van der Waals surface area contributed by atoms with Crippen molar-refractivity contribution < 1.29 is 4.74 Å². The highest BCUT2D eigenvalue weighted by Crippen LogP contribution is 2.49. The van der Waals surface area contributed by atoms with Crippen molar-refractivity contribution in [2.45, 2.75) is 45.9 Å². The van der Waals surface area contributed by atoms with Crippen LogP contribution in [0.1, 0.15) is 42.5 Å². The zero-order valence-electron chi connectivity index (χ0n) is 23.9. The van der Waals surface area contributed by atoms with Crippen molar-refractivity contribution >= 4 is 37.7 Å². The summed E-state index contributed by atoms with van der Waals surface area (Å²) in [4.78, 5) is 0. The molecule has 3 heteroatoms. The molecule has 0 N–H and O–H groups in total. The largest absolute Gasteiger partial charge is 0.489 e. The molecule has 0 amide bonds. The lowest BCUT2D eigenvalue weighted by atomic mass is 9.95. The second-order valence-electron chi connectivity index (χ2n) is 10.6. The molecule has 0 saturated heterocycles. The van der Waals surface area contributed by atoms with E-state index in [0.717, 1.165) is 12.2 Å². The third-order valence-corrected chi connectivity index (χ3v) is 12.4. The molecule has 2 atom stereocenters. The maximum absolute atomic E-state index is 6.52. The van der Waals surface area contributed by atoms with Gasteiger partial charge in [0.25, 0.3) is 0 Å². The molecule has 0 saturated carbocycles. The Morgan fingerprint density at radius 2 is 1.30 bits per heavy atom.